The van der Waals surface area contributed by atoms with E-state index in [1.165, 1.54) is 0 Å². The van der Waals surface area contributed by atoms with Crippen LogP contribution in [0.5, 0.6) is 11.5 Å². The van der Waals surface area contributed by atoms with Crippen molar-refractivity contribution in [3.63, 3.8) is 0 Å². The monoisotopic (exact) mass is 294 g/mol. The molecule has 0 aromatic heterocycles. The van der Waals surface area contributed by atoms with Crippen LogP contribution in [0.15, 0.2) is 12.1 Å². The van der Waals surface area contributed by atoms with Crippen molar-refractivity contribution < 1.29 is 9.47 Å². The molecule has 4 nitrogen and oxygen atoms in total. The smallest absolute Gasteiger partial charge is 0.231 e. The number of hydrogen-bond acceptors (Lipinski definition) is 4. The quantitative estimate of drug-likeness (QED) is 0.791. The van der Waals surface area contributed by atoms with Crippen LogP contribution in [-0.4, -0.2) is 19.4 Å². The van der Waals surface area contributed by atoms with E-state index in [1.54, 1.807) is 0 Å². The van der Waals surface area contributed by atoms with Gasteiger partial charge in [0, 0.05) is 12.6 Å². The summed E-state index contributed by atoms with van der Waals surface area (Å²) >= 11 is 6.19. The number of rotatable bonds is 6. The van der Waals surface area contributed by atoms with Gasteiger partial charge in [0.25, 0.3) is 0 Å². The van der Waals surface area contributed by atoms with Gasteiger partial charge in [-0.3, -0.25) is 5.32 Å². The molecule has 1 aliphatic heterocycles. The van der Waals surface area contributed by atoms with E-state index in [0.29, 0.717) is 23.1 Å². The minimum Gasteiger partial charge on any atom is -0.454 e. The molecule has 0 saturated carbocycles. The molecule has 20 heavy (non-hydrogen) atoms. The Kier molecular flexibility index (Phi) is 5.13. The van der Waals surface area contributed by atoms with E-state index in [1.807, 2.05) is 12.1 Å². The van der Waals surface area contributed by atoms with E-state index in [4.69, 9.17) is 33.2 Å². The normalized spacial score (nSPS) is 15.7. The van der Waals surface area contributed by atoms with E-state index in [9.17, 15) is 0 Å². The van der Waals surface area contributed by atoms with Gasteiger partial charge in [-0.15, -0.1) is 6.42 Å². The Morgan fingerprint density at radius 3 is 2.95 bits per heavy atom. The van der Waals surface area contributed by atoms with Crippen LogP contribution < -0.4 is 20.5 Å². The predicted octanol–water partition coefficient (Wildman–Crippen LogP) is 2.46. The van der Waals surface area contributed by atoms with Gasteiger partial charge in [-0.05, 0) is 24.1 Å². The average Bonchev–Trinajstić information content (AvgIpc) is 2.92. The third-order valence-corrected chi connectivity index (χ3v) is 3.55. The standard InChI is InChI=1S/C15H19ClN2O2/c1-3-5-11(4-2)18-13(8-17)10-6-12(16)15-14(7-10)19-9-20-15/h2,6-7,11,13,18H,3,5,8-9,17H2,1H3. The van der Waals surface area contributed by atoms with Crippen LogP contribution >= 0.6 is 11.6 Å². The lowest BCUT2D eigenvalue weighted by Gasteiger charge is -2.22. The van der Waals surface area contributed by atoms with E-state index in [2.05, 4.69) is 18.2 Å². The van der Waals surface area contributed by atoms with Crippen molar-refractivity contribution in [3.8, 4) is 23.8 Å². The van der Waals surface area contributed by atoms with Crippen LogP contribution in [0, 0.1) is 12.3 Å². The maximum absolute atomic E-state index is 6.19. The number of halogens is 1. The summed E-state index contributed by atoms with van der Waals surface area (Å²) in [5.74, 6) is 3.99. The highest BCUT2D eigenvalue weighted by Crippen LogP contribution is 2.41. The number of hydrogen-bond donors (Lipinski definition) is 2. The molecule has 0 radical (unpaired) electrons. The maximum Gasteiger partial charge on any atom is 0.231 e. The van der Waals surface area contributed by atoms with Gasteiger partial charge in [0.05, 0.1) is 11.1 Å². The molecule has 0 fully saturated rings. The summed E-state index contributed by atoms with van der Waals surface area (Å²) in [5.41, 5.74) is 6.81. The third kappa shape index (κ3) is 3.18. The minimum absolute atomic E-state index is 0.00208. The summed E-state index contributed by atoms with van der Waals surface area (Å²) in [6.45, 7) is 2.72. The predicted molar refractivity (Wildman–Crippen MR) is 80.0 cm³/mol. The number of ether oxygens (including phenoxy) is 2. The molecule has 5 heteroatoms. The lowest BCUT2D eigenvalue weighted by Crippen LogP contribution is -2.35. The first kappa shape index (κ1) is 15.0. The van der Waals surface area contributed by atoms with E-state index >= 15 is 0 Å². The number of fused-ring (bicyclic) bond motifs is 1. The minimum atomic E-state index is -0.0606. The fourth-order valence-electron chi connectivity index (χ4n) is 2.24. The summed E-state index contributed by atoms with van der Waals surface area (Å²) in [6.07, 6.45) is 7.46. The maximum atomic E-state index is 6.19. The number of terminal acetylenes is 1. The number of benzene rings is 1. The Hall–Kier alpha value is -1.41. The van der Waals surface area contributed by atoms with Crippen molar-refractivity contribution in [2.45, 2.75) is 31.8 Å². The lowest BCUT2D eigenvalue weighted by molar-refractivity contribution is 0.174. The van der Waals surface area contributed by atoms with Gasteiger partial charge < -0.3 is 15.2 Å². The molecule has 0 amide bonds. The summed E-state index contributed by atoms with van der Waals surface area (Å²) in [6, 6.07) is 3.68. The molecule has 2 rings (SSSR count). The lowest BCUT2D eigenvalue weighted by atomic mass is 10.0. The van der Waals surface area contributed by atoms with Crippen LogP contribution in [-0.2, 0) is 0 Å². The van der Waals surface area contributed by atoms with Gasteiger partial charge in [-0.1, -0.05) is 30.9 Å². The fraction of sp³-hybridized carbons (Fsp3) is 0.467. The highest BCUT2D eigenvalue weighted by atomic mass is 35.5. The van der Waals surface area contributed by atoms with Gasteiger partial charge in [0.2, 0.25) is 6.79 Å². The van der Waals surface area contributed by atoms with Crippen molar-refractivity contribution in [3.05, 3.63) is 22.7 Å². The van der Waals surface area contributed by atoms with Gasteiger partial charge in [0.15, 0.2) is 11.5 Å². The van der Waals surface area contributed by atoms with Crippen LogP contribution in [0.3, 0.4) is 0 Å². The Morgan fingerprint density at radius 1 is 1.50 bits per heavy atom. The van der Waals surface area contributed by atoms with Gasteiger partial charge in [0.1, 0.15) is 0 Å². The molecule has 0 saturated heterocycles. The highest BCUT2D eigenvalue weighted by Gasteiger charge is 2.22. The summed E-state index contributed by atoms with van der Waals surface area (Å²) in [7, 11) is 0. The van der Waals surface area contributed by atoms with E-state index in [0.717, 1.165) is 18.4 Å². The zero-order chi connectivity index (χ0) is 14.5. The average molecular weight is 295 g/mol. The van der Waals surface area contributed by atoms with Crippen LogP contribution in [0.1, 0.15) is 31.4 Å². The number of nitrogens with one attached hydrogen (secondary N) is 1. The SMILES string of the molecule is C#CC(CCC)NC(CN)c1cc(Cl)c2c(c1)OCO2. The van der Waals surface area contributed by atoms with Crippen molar-refractivity contribution in [2.75, 3.05) is 13.3 Å². The van der Waals surface area contributed by atoms with Crippen molar-refractivity contribution in [1.29, 1.82) is 0 Å². The third-order valence-electron chi connectivity index (χ3n) is 3.27. The van der Waals surface area contributed by atoms with Gasteiger partial charge in [-0.25, -0.2) is 0 Å². The zero-order valence-electron chi connectivity index (χ0n) is 11.5. The van der Waals surface area contributed by atoms with Crippen LogP contribution in [0.2, 0.25) is 5.02 Å². The Morgan fingerprint density at radius 2 is 2.30 bits per heavy atom. The summed E-state index contributed by atoms with van der Waals surface area (Å²) in [5, 5.41) is 3.90. The van der Waals surface area contributed by atoms with Crippen molar-refractivity contribution >= 4 is 11.6 Å². The molecular formula is C15H19ClN2O2. The highest BCUT2D eigenvalue weighted by molar-refractivity contribution is 6.32. The van der Waals surface area contributed by atoms with Crippen molar-refractivity contribution in [1.82, 2.24) is 5.32 Å². The first-order chi connectivity index (χ1) is 9.69. The summed E-state index contributed by atoms with van der Waals surface area (Å²) in [4.78, 5) is 0. The van der Waals surface area contributed by atoms with Gasteiger partial charge >= 0.3 is 0 Å². The Bertz CT molecular complexity index is 513. The molecule has 108 valence electrons. The zero-order valence-corrected chi connectivity index (χ0v) is 12.2. The van der Waals surface area contributed by atoms with Crippen molar-refractivity contribution in [2.24, 2.45) is 5.73 Å². The molecular weight excluding hydrogens is 276 g/mol. The van der Waals surface area contributed by atoms with E-state index < -0.39 is 0 Å². The van der Waals surface area contributed by atoms with Crippen LogP contribution in [0.25, 0.3) is 0 Å². The Balaban J connectivity index is 2.20. The fourth-order valence-corrected chi connectivity index (χ4v) is 2.51. The molecule has 0 aliphatic carbocycles. The number of nitrogens with two attached hydrogens (primary N) is 1. The first-order valence-corrected chi connectivity index (χ1v) is 7.08. The molecule has 1 aromatic carbocycles. The Labute approximate surface area is 124 Å². The molecule has 2 atom stereocenters. The van der Waals surface area contributed by atoms with E-state index in [-0.39, 0.29) is 18.9 Å². The molecule has 1 aliphatic rings. The molecule has 0 bridgehead atoms. The van der Waals surface area contributed by atoms with Gasteiger partial charge in [-0.2, -0.15) is 0 Å². The second kappa shape index (κ2) is 6.85. The molecule has 0 spiro atoms. The topological polar surface area (TPSA) is 56.5 Å². The molecule has 2 unspecified atom stereocenters. The second-order valence-electron chi connectivity index (χ2n) is 4.70. The summed E-state index contributed by atoms with van der Waals surface area (Å²) < 4.78 is 10.7. The van der Waals surface area contributed by atoms with Crippen LogP contribution in [0.4, 0.5) is 0 Å². The molecule has 1 aromatic rings. The largest absolute Gasteiger partial charge is 0.454 e. The molecule has 1 heterocycles. The first-order valence-electron chi connectivity index (χ1n) is 6.70. The second-order valence-corrected chi connectivity index (χ2v) is 5.11. The molecule has 3 N–H and O–H groups in total.